The molecule has 3 atom stereocenters. The van der Waals surface area contributed by atoms with Gasteiger partial charge in [-0.15, -0.1) is 35.6 Å². The summed E-state index contributed by atoms with van der Waals surface area (Å²) in [5.74, 6) is 0.102. The van der Waals surface area contributed by atoms with Crippen LogP contribution < -0.4 is 21.2 Å². The molecule has 0 bridgehead atoms. The Morgan fingerprint density at radius 1 is 0.613 bits per heavy atom. The van der Waals surface area contributed by atoms with Crippen LogP contribution in [-0.4, -0.2) is 116 Å². The second-order valence-corrected chi connectivity index (χ2v) is 23.9. The van der Waals surface area contributed by atoms with Crippen molar-refractivity contribution in [2.75, 3.05) is 39.7 Å². The van der Waals surface area contributed by atoms with Crippen molar-refractivity contribution in [3.05, 3.63) is 114 Å². The molecule has 16 heteroatoms. The van der Waals surface area contributed by atoms with E-state index in [9.17, 15) is 24.0 Å². The van der Waals surface area contributed by atoms with Gasteiger partial charge >= 0.3 is 24.1 Å². The van der Waals surface area contributed by atoms with Gasteiger partial charge in [-0.05, 0) is 117 Å². The van der Waals surface area contributed by atoms with Crippen molar-refractivity contribution in [2.45, 2.75) is 148 Å². The SMILES string of the molecule is C.C=P(c1ccccc1)(c1ccccc1)c1ccccc1.CC(C)[C@@H](C=O)N(C)C(=O)OC(C)(C)C.CCOC(=O)/C(C)=C/[C@@H](NC)C(C)C.CCOC(=O)/C(C)=C/[C@H](C(C)C)N(C)C(=O)OC(C)(C)C.Cl.ClCCl. The molecule has 0 unspecified atom stereocenters. The maximum atomic E-state index is 12.1. The van der Waals surface area contributed by atoms with E-state index in [1.165, 1.54) is 25.7 Å². The number of carbonyl (C=O) groups is 5. The van der Waals surface area contributed by atoms with Gasteiger partial charge in [0.2, 0.25) is 0 Å². The number of aldehydes is 1. The summed E-state index contributed by atoms with van der Waals surface area (Å²) in [6.07, 6.45) is 8.27. The second-order valence-electron chi connectivity index (χ2n) is 19.9. The van der Waals surface area contributed by atoms with E-state index in [0.717, 1.165) is 6.29 Å². The van der Waals surface area contributed by atoms with Gasteiger partial charge in [0.25, 0.3) is 0 Å². The average molecular weight is 1130 g/mol. The lowest BCUT2D eigenvalue weighted by Crippen LogP contribution is -2.44. The number of alkyl halides is 2. The number of hydrogen-bond donors (Lipinski definition) is 1. The molecule has 2 amide bonds. The Kier molecular flexibility index (Phi) is 40.8. The number of ether oxygens (including phenoxy) is 4. The summed E-state index contributed by atoms with van der Waals surface area (Å²) in [7, 11) is 5.14. The van der Waals surface area contributed by atoms with Crippen molar-refractivity contribution >= 4 is 95.1 Å². The largest absolute Gasteiger partial charge is 0.463 e. The molecule has 1 N–H and O–H groups in total. The summed E-state index contributed by atoms with van der Waals surface area (Å²) in [6, 6.07) is 31.5. The maximum Gasteiger partial charge on any atom is 0.410 e. The minimum atomic E-state index is -1.78. The Morgan fingerprint density at radius 2 is 0.907 bits per heavy atom. The highest BCUT2D eigenvalue weighted by Crippen LogP contribution is 2.41. The first-order valence-corrected chi connectivity index (χ1v) is 27.8. The van der Waals surface area contributed by atoms with E-state index in [1.807, 2.05) is 68.5 Å². The molecule has 0 saturated carbocycles. The summed E-state index contributed by atoms with van der Waals surface area (Å²) in [5.41, 5.74) is 0.0774. The number of halogens is 3. The van der Waals surface area contributed by atoms with Gasteiger partial charge in [0.05, 0.1) is 30.6 Å². The zero-order chi connectivity index (χ0) is 56.7. The summed E-state index contributed by atoms with van der Waals surface area (Å²) in [5, 5.41) is 7.29. The number of likely N-dealkylation sites (N-methyl/N-ethyl adjacent to an activating group) is 3. The lowest BCUT2D eigenvalue weighted by Gasteiger charge is -2.31. The summed E-state index contributed by atoms with van der Waals surface area (Å²) >= 11 is 9.53. The Hall–Kier alpha value is -4.58. The third-order valence-electron chi connectivity index (χ3n) is 10.5. The Labute approximate surface area is 470 Å². The van der Waals surface area contributed by atoms with Gasteiger partial charge in [-0.2, -0.15) is 0 Å². The van der Waals surface area contributed by atoms with E-state index >= 15 is 0 Å². The van der Waals surface area contributed by atoms with Gasteiger partial charge in [0, 0.05) is 31.3 Å². The van der Waals surface area contributed by atoms with Gasteiger partial charge in [0.1, 0.15) is 17.5 Å². The van der Waals surface area contributed by atoms with Gasteiger partial charge < -0.3 is 38.9 Å². The first-order valence-electron chi connectivity index (χ1n) is 24.7. The van der Waals surface area contributed by atoms with Crippen molar-refractivity contribution in [2.24, 2.45) is 17.8 Å². The van der Waals surface area contributed by atoms with Crippen LogP contribution in [0.25, 0.3) is 0 Å². The topological polar surface area (TPSA) is 141 Å². The average Bonchev–Trinajstić information content (AvgIpc) is 3.32. The molecule has 75 heavy (non-hydrogen) atoms. The highest BCUT2D eigenvalue weighted by atomic mass is 35.5. The molecule has 0 radical (unpaired) electrons. The molecule has 0 aliphatic carbocycles. The van der Waals surface area contributed by atoms with E-state index in [-0.39, 0.29) is 61.0 Å². The number of amides is 2. The van der Waals surface area contributed by atoms with Crippen LogP contribution >= 0.6 is 42.5 Å². The highest BCUT2D eigenvalue weighted by Gasteiger charge is 2.28. The van der Waals surface area contributed by atoms with E-state index < -0.39 is 36.3 Å². The van der Waals surface area contributed by atoms with Crippen molar-refractivity contribution in [1.29, 1.82) is 0 Å². The molecule has 12 nitrogen and oxygen atoms in total. The minimum absolute atomic E-state index is 0. The van der Waals surface area contributed by atoms with Crippen molar-refractivity contribution in [3.8, 4) is 0 Å². The molecular formula is C59H95Cl3N3O9P. The molecular weight excluding hydrogens is 1030 g/mol. The molecule has 0 aliphatic heterocycles. The van der Waals surface area contributed by atoms with Gasteiger partial charge in [-0.1, -0.05) is 158 Å². The number of rotatable bonds is 16. The van der Waals surface area contributed by atoms with Crippen LogP contribution in [0.4, 0.5) is 9.59 Å². The first-order chi connectivity index (χ1) is 33.9. The fourth-order valence-electron chi connectivity index (χ4n) is 6.61. The Morgan fingerprint density at radius 3 is 1.15 bits per heavy atom. The smallest absolute Gasteiger partial charge is 0.410 e. The molecule has 3 aromatic rings. The van der Waals surface area contributed by atoms with Gasteiger partial charge in [-0.3, -0.25) is 0 Å². The lowest BCUT2D eigenvalue weighted by molar-refractivity contribution is -0.139. The number of nitrogens with zero attached hydrogens (tertiary/aromatic N) is 2. The summed E-state index contributed by atoms with van der Waals surface area (Å²) < 4.78 is 20.4. The molecule has 0 aliphatic rings. The fraction of sp³-hybridized carbons (Fsp3) is 0.525. The summed E-state index contributed by atoms with van der Waals surface area (Å²) in [4.78, 5) is 60.4. The Bertz CT molecular complexity index is 2060. The molecule has 0 heterocycles. The van der Waals surface area contributed by atoms with E-state index in [2.05, 4.69) is 110 Å². The third-order valence-corrected chi connectivity index (χ3v) is 14.0. The standard InChI is InChI=1S/C19H17P.C16H29NO4.C11H21NO3.C11H21NO2.CH2Cl2.CH4.ClH/c1-20(17-11-5-2-6-12-17,18-13-7-3-8-14-18)19-15-9-4-10-16-19;1-9-20-14(18)12(4)10-13(11(2)3)17(8)15(19)21-16(5,6)7;1-8(2)9(7-13)12(6)10(14)15-11(3,4)5;1-6-14-11(13)9(4)7-10(12-5)8(2)3;2-1-3;;/h2-16H,1H2;10-11,13H,9H2,1-8H3;7-9H,1-6H3;7-8,10,12H,6H2,1-5H3;1H2;1H4;1H/b;12-10+;;9-7+;;;/t;13-;9-;10-;;;/m.111.../s1. The number of carbonyl (C=O) groups excluding carboxylic acids is 5. The maximum absolute atomic E-state index is 12.1. The molecule has 3 aromatic carbocycles. The predicted molar refractivity (Wildman–Crippen MR) is 323 cm³/mol. The molecule has 0 fully saturated rings. The number of nitrogens with one attached hydrogen (secondary N) is 1. The van der Waals surface area contributed by atoms with E-state index in [0.29, 0.717) is 30.3 Å². The van der Waals surface area contributed by atoms with Crippen LogP contribution in [0.1, 0.15) is 118 Å². The quantitative estimate of drug-likeness (QED) is 0.0368. The first kappa shape index (κ1) is 76.9. The zero-order valence-corrected chi connectivity index (χ0v) is 51.1. The predicted octanol–water partition coefficient (Wildman–Crippen LogP) is 13.1. The van der Waals surface area contributed by atoms with Crippen LogP contribution in [0, 0.1) is 17.8 Å². The molecule has 426 valence electrons. The van der Waals surface area contributed by atoms with Crippen LogP contribution in [0.3, 0.4) is 0 Å². The molecule has 3 rings (SSSR count). The number of hydrogen-bond acceptors (Lipinski definition) is 10. The number of benzene rings is 3. The van der Waals surface area contributed by atoms with E-state index in [4.69, 9.17) is 48.4 Å². The van der Waals surface area contributed by atoms with Crippen molar-refractivity contribution in [3.63, 3.8) is 0 Å². The monoisotopic (exact) mass is 1130 g/mol. The molecule has 0 aromatic heterocycles. The van der Waals surface area contributed by atoms with Crippen LogP contribution in [0.15, 0.2) is 114 Å². The summed E-state index contributed by atoms with van der Waals surface area (Å²) in [6.45, 7) is 28.8. The van der Waals surface area contributed by atoms with Crippen molar-refractivity contribution in [1.82, 2.24) is 15.1 Å². The second kappa shape index (κ2) is 39.7. The lowest BCUT2D eigenvalue weighted by atomic mass is 10.0. The number of esters is 2. The van der Waals surface area contributed by atoms with Crippen LogP contribution in [0.5, 0.6) is 0 Å². The molecule has 0 spiro atoms. The highest BCUT2D eigenvalue weighted by molar-refractivity contribution is 7.93. The zero-order valence-electron chi connectivity index (χ0n) is 47.9. The Balaban J connectivity index is -0.000000442. The van der Waals surface area contributed by atoms with Gasteiger partial charge in [0.15, 0.2) is 0 Å². The van der Waals surface area contributed by atoms with Gasteiger partial charge in [-0.25, -0.2) is 19.2 Å². The van der Waals surface area contributed by atoms with Crippen molar-refractivity contribution < 1.29 is 42.9 Å². The van der Waals surface area contributed by atoms with Crippen LogP contribution in [0.2, 0.25) is 0 Å². The minimum Gasteiger partial charge on any atom is -0.463 e. The third kappa shape index (κ3) is 30.7. The van der Waals surface area contributed by atoms with Crippen LogP contribution in [-0.2, 0) is 33.3 Å². The fourth-order valence-corrected chi connectivity index (χ4v) is 9.55. The normalized spacial score (nSPS) is 12.5. The molecule has 0 saturated heterocycles. The van der Waals surface area contributed by atoms with E-state index in [1.54, 1.807) is 61.7 Å².